The number of nitriles is 1. The minimum absolute atomic E-state index is 0. The molecule has 1 heterocycles. The third-order valence-electron chi connectivity index (χ3n) is 6.21. The van der Waals surface area contributed by atoms with Gasteiger partial charge in [0.25, 0.3) is 0 Å². The number of fused-ring (bicyclic) bond motifs is 2. The zero-order chi connectivity index (χ0) is 19.7. The second kappa shape index (κ2) is 9.77. The maximum Gasteiger partial charge on any atom is 0.332 e. The van der Waals surface area contributed by atoms with E-state index in [1.54, 1.807) is 0 Å². The number of hydrogen-bond donors (Lipinski definition) is 2. The van der Waals surface area contributed by atoms with E-state index in [4.69, 9.17) is 5.26 Å². The molecule has 0 saturated carbocycles. The SMILES string of the molecule is N#CCN1CCC(S(=O)(=O)NC(=O)Nc2c3c(cc4c2CCC4)CCC3)CC1.[K]. The van der Waals surface area contributed by atoms with Gasteiger partial charge in [-0.05, 0) is 73.6 Å². The minimum atomic E-state index is -3.74. The molecule has 151 valence electrons. The molecule has 1 saturated heterocycles. The van der Waals surface area contributed by atoms with Crippen molar-refractivity contribution in [3.63, 3.8) is 0 Å². The fraction of sp³-hybridized carbons (Fsp3) is 0.600. The number of nitrogens with zero attached hydrogens (tertiary/aromatic N) is 2. The summed E-state index contributed by atoms with van der Waals surface area (Å²) in [5, 5.41) is 11.0. The van der Waals surface area contributed by atoms with Crippen LogP contribution in [-0.2, 0) is 35.7 Å². The Morgan fingerprint density at radius 1 is 1.10 bits per heavy atom. The molecule has 4 rings (SSSR count). The number of sulfonamides is 1. The number of nitrogens with one attached hydrogen (secondary N) is 2. The number of carbonyl (C=O) groups excluding carboxylic acids is 1. The van der Waals surface area contributed by atoms with Gasteiger partial charge in [0.1, 0.15) is 0 Å². The Hall–Kier alpha value is -0.474. The number of hydrogen-bond acceptors (Lipinski definition) is 5. The molecule has 0 spiro atoms. The van der Waals surface area contributed by atoms with Crippen LogP contribution in [0.25, 0.3) is 0 Å². The standard InChI is InChI=1S/C20H26N4O3S.K/c21-9-12-24-10-7-16(8-11-24)28(26,27)23-20(25)22-19-17-5-1-3-14(17)13-15-4-2-6-18(15)19;/h13,16H,1-8,10-12H2,(H2,22,23,25);. The number of anilines is 1. The van der Waals surface area contributed by atoms with Gasteiger partial charge >= 0.3 is 6.03 Å². The van der Waals surface area contributed by atoms with Crippen LogP contribution < -0.4 is 10.0 Å². The van der Waals surface area contributed by atoms with Gasteiger partial charge in [-0.1, -0.05) is 6.07 Å². The average molecular weight is 442 g/mol. The van der Waals surface area contributed by atoms with Crippen LogP contribution in [-0.4, -0.2) is 95.6 Å². The Labute approximate surface area is 215 Å². The number of amides is 2. The van der Waals surface area contributed by atoms with Crippen LogP contribution in [0.5, 0.6) is 0 Å². The molecule has 3 aliphatic rings. The van der Waals surface area contributed by atoms with Gasteiger partial charge in [0.2, 0.25) is 10.0 Å². The monoisotopic (exact) mass is 441 g/mol. The van der Waals surface area contributed by atoms with Crippen LogP contribution in [0.15, 0.2) is 6.07 Å². The van der Waals surface area contributed by atoms with Crippen LogP contribution >= 0.6 is 0 Å². The molecule has 0 atom stereocenters. The Balaban J connectivity index is 0.00000240. The molecule has 1 aliphatic heterocycles. The van der Waals surface area contributed by atoms with Gasteiger partial charge in [-0.15, -0.1) is 0 Å². The minimum Gasteiger partial charge on any atom is -0.307 e. The van der Waals surface area contributed by atoms with E-state index in [2.05, 4.69) is 22.2 Å². The summed E-state index contributed by atoms with van der Waals surface area (Å²) >= 11 is 0. The second-order valence-electron chi connectivity index (χ2n) is 7.97. The Kier molecular flexibility index (Phi) is 7.81. The molecule has 1 aromatic rings. The third kappa shape index (κ3) is 5.06. The summed E-state index contributed by atoms with van der Waals surface area (Å²) in [6, 6.07) is 3.71. The number of aryl methyl sites for hydroxylation is 2. The zero-order valence-electron chi connectivity index (χ0n) is 17.0. The Bertz CT molecular complexity index is 902. The molecule has 29 heavy (non-hydrogen) atoms. The first kappa shape index (κ1) is 23.2. The maximum atomic E-state index is 12.7. The number of likely N-dealkylation sites (tertiary alicyclic amines) is 1. The van der Waals surface area contributed by atoms with Crippen LogP contribution in [0.3, 0.4) is 0 Å². The first-order valence-electron chi connectivity index (χ1n) is 10.1. The van der Waals surface area contributed by atoms with Gasteiger partial charge < -0.3 is 5.32 Å². The predicted octanol–water partition coefficient (Wildman–Crippen LogP) is 1.72. The fourth-order valence-electron chi connectivity index (χ4n) is 4.80. The van der Waals surface area contributed by atoms with E-state index in [9.17, 15) is 13.2 Å². The molecule has 0 bridgehead atoms. The molecule has 1 radical (unpaired) electrons. The van der Waals surface area contributed by atoms with Crippen molar-refractivity contribution in [3.05, 3.63) is 28.3 Å². The van der Waals surface area contributed by atoms with Crippen molar-refractivity contribution >= 4 is 73.1 Å². The van der Waals surface area contributed by atoms with Crippen molar-refractivity contribution in [1.82, 2.24) is 9.62 Å². The summed E-state index contributed by atoms with van der Waals surface area (Å²) in [5.41, 5.74) is 5.79. The van der Waals surface area contributed by atoms with Crippen molar-refractivity contribution < 1.29 is 13.2 Å². The summed E-state index contributed by atoms with van der Waals surface area (Å²) < 4.78 is 27.6. The smallest absolute Gasteiger partial charge is 0.307 e. The Morgan fingerprint density at radius 2 is 1.69 bits per heavy atom. The molecule has 1 fully saturated rings. The Morgan fingerprint density at radius 3 is 2.24 bits per heavy atom. The van der Waals surface area contributed by atoms with Crippen LogP contribution in [0, 0.1) is 11.3 Å². The topological polar surface area (TPSA) is 102 Å². The zero-order valence-corrected chi connectivity index (χ0v) is 20.9. The van der Waals surface area contributed by atoms with Crippen molar-refractivity contribution in [3.8, 4) is 6.07 Å². The molecule has 7 nitrogen and oxygen atoms in total. The van der Waals surface area contributed by atoms with Crippen LogP contribution in [0.1, 0.15) is 47.9 Å². The predicted molar refractivity (Wildman–Crippen MR) is 112 cm³/mol. The molecule has 9 heteroatoms. The number of urea groups is 1. The van der Waals surface area contributed by atoms with Crippen LogP contribution in [0.2, 0.25) is 0 Å². The summed E-state index contributed by atoms with van der Waals surface area (Å²) in [7, 11) is -3.74. The van der Waals surface area contributed by atoms with E-state index in [0.717, 1.165) is 44.2 Å². The summed E-state index contributed by atoms with van der Waals surface area (Å²) in [6.07, 6.45) is 6.94. The molecular formula is C20H26KN4O3S. The molecule has 2 amide bonds. The largest absolute Gasteiger partial charge is 0.332 e. The molecule has 2 N–H and O–H groups in total. The quantitative estimate of drug-likeness (QED) is 0.547. The van der Waals surface area contributed by atoms with Gasteiger partial charge in [0.15, 0.2) is 0 Å². The van der Waals surface area contributed by atoms with E-state index in [1.165, 1.54) is 22.3 Å². The van der Waals surface area contributed by atoms with Gasteiger partial charge in [-0.2, -0.15) is 5.26 Å². The summed E-state index contributed by atoms with van der Waals surface area (Å²) in [4.78, 5) is 14.5. The molecule has 0 aromatic heterocycles. The van der Waals surface area contributed by atoms with Gasteiger partial charge in [-0.3, -0.25) is 4.90 Å². The second-order valence-corrected chi connectivity index (χ2v) is 9.93. The van der Waals surface area contributed by atoms with E-state index in [0.29, 0.717) is 32.5 Å². The van der Waals surface area contributed by atoms with E-state index in [1.807, 2.05) is 4.90 Å². The number of benzene rings is 1. The van der Waals surface area contributed by atoms with E-state index >= 15 is 0 Å². The first-order chi connectivity index (χ1) is 13.5. The fourth-order valence-corrected chi connectivity index (χ4v) is 6.10. The van der Waals surface area contributed by atoms with Crippen molar-refractivity contribution in [2.75, 3.05) is 25.0 Å². The van der Waals surface area contributed by atoms with Gasteiger partial charge in [0.05, 0.1) is 17.9 Å². The van der Waals surface area contributed by atoms with E-state index in [-0.39, 0.29) is 51.4 Å². The molecule has 0 unspecified atom stereocenters. The molecule has 2 aliphatic carbocycles. The van der Waals surface area contributed by atoms with E-state index < -0.39 is 21.3 Å². The first-order valence-corrected chi connectivity index (χ1v) is 11.6. The molecule has 1 aromatic carbocycles. The maximum absolute atomic E-state index is 12.7. The van der Waals surface area contributed by atoms with Gasteiger partial charge in [-0.25, -0.2) is 17.9 Å². The van der Waals surface area contributed by atoms with Crippen molar-refractivity contribution in [2.24, 2.45) is 0 Å². The average Bonchev–Trinajstić information content (AvgIpc) is 3.31. The number of piperidine rings is 1. The number of rotatable bonds is 4. The van der Waals surface area contributed by atoms with Crippen molar-refractivity contribution in [1.29, 1.82) is 5.26 Å². The normalized spacial score (nSPS) is 19.0. The number of carbonyl (C=O) groups is 1. The van der Waals surface area contributed by atoms with Crippen LogP contribution in [0.4, 0.5) is 10.5 Å². The van der Waals surface area contributed by atoms with Crippen molar-refractivity contribution in [2.45, 2.75) is 56.6 Å². The molecular weight excluding hydrogens is 415 g/mol. The third-order valence-corrected chi connectivity index (χ3v) is 8.03. The van der Waals surface area contributed by atoms with Gasteiger partial charge in [0, 0.05) is 70.2 Å². The summed E-state index contributed by atoms with van der Waals surface area (Å²) in [6.45, 7) is 1.42. The summed E-state index contributed by atoms with van der Waals surface area (Å²) in [5.74, 6) is 0.